The number of carbonyl (C=O) groups excluding carboxylic acids is 4. The average Bonchev–Trinajstić information content (AvgIpc) is 2.64. The molecule has 0 aromatic rings. The summed E-state index contributed by atoms with van der Waals surface area (Å²) in [5, 5.41) is 24.9. The number of aliphatic hydroxyl groups is 1. The lowest BCUT2D eigenvalue weighted by atomic mass is 10.1. The number of amides is 4. The summed E-state index contributed by atoms with van der Waals surface area (Å²) in [7, 11) is 0. The van der Waals surface area contributed by atoms with E-state index in [2.05, 4.69) is 16.0 Å². The molecule has 0 aromatic heterocycles. The van der Waals surface area contributed by atoms with Gasteiger partial charge in [0.2, 0.25) is 23.6 Å². The molecule has 13 nitrogen and oxygen atoms in total. The van der Waals surface area contributed by atoms with Crippen LogP contribution >= 0.6 is 0 Å². The molecule has 11 N–H and O–H groups in total. The van der Waals surface area contributed by atoms with Crippen molar-refractivity contribution in [3.8, 4) is 0 Å². The fourth-order valence-electron chi connectivity index (χ4n) is 2.19. The van der Waals surface area contributed by atoms with Crippen molar-refractivity contribution in [2.24, 2.45) is 17.2 Å². The predicted octanol–water partition coefficient (Wildman–Crippen LogP) is -4.13. The van der Waals surface area contributed by atoms with Crippen molar-refractivity contribution in [2.75, 3.05) is 13.2 Å². The van der Waals surface area contributed by atoms with Crippen molar-refractivity contribution in [3.63, 3.8) is 0 Å². The van der Waals surface area contributed by atoms with E-state index in [1.807, 2.05) is 0 Å². The molecule has 0 aliphatic rings. The fraction of sp³-hybridized carbons (Fsp3) is 0.688. The van der Waals surface area contributed by atoms with Crippen LogP contribution in [0.1, 0.15) is 32.6 Å². The molecule has 0 aliphatic heterocycles. The number of carbonyl (C=O) groups is 5. The molecule has 0 heterocycles. The van der Waals surface area contributed by atoms with Crippen LogP contribution in [0.3, 0.4) is 0 Å². The molecule has 13 heteroatoms. The van der Waals surface area contributed by atoms with E-state index in [0.717, 1.165) is 0 Å². The van der Waals surface area contributed by atoms with E-state index in [1.54, 1.807) is 0 Å². The van der Waals surface area contributed by atoms with Gasteiger partial charge in [0.05, 0.1) is 19.1 Å². The number of carboxylic acid groups (broad SMARTS) is 1. The Bertz CT molecular complexity index is 600. The minimum Gasteiger partial charge on any atom is -0.480 e. The molecule has 0 aliphatic carbocycles. The minimum absolute atomic E-state index is 0.345. The van der Waals surface area contributed by atoms with Gasteiger partial charge in [-0.05, 0) is 26.3 Å². The first kappa shape index (κ1) is 26.2. The number of primary amides is 1. The van der Waals surface area contributed by atoms with Crippen LogP contribution < -0.4 is 33.2 Å². The lowest BCUT2D eigenvalue weighted by molar-refractivity contribution is -0.143. The second-order valence-corrected chi connectivity index (χ2v) is 6.43. The molecule has 0 bridgehead atoms. The van der Waals surface area contributed by atoms with Crippen LogP contribution in [0.25, 0.3) is 0 Å². The van der Waals surface area contributed by atoms with E-state index in [9.17, 15) is 29.1 Å². The quantitative estimate of drug-likeness (QED) is 0.128. The van der Waals surface area contributed by atoms with Crippen molar-refractivity contribution < 1.29 is 34.2 Å². The first-order valence-electron chi connectivity index (χ1n) is 9.02. The molecule has 29 heavy (non-hydrogen) atoms. The molecule has 4 amide bonds. The molecule has 0 saturated carbocycles. The SMILES string of the molecule is CC(NC(=O)C(CO)NC(=O)C(N)CCCCN)C(=O)NC(CC(N)=O)C(=O)O. The third-order valence-corrected chi connectivity index (χ3v) is 3.89. The number of hydrogen-bond acceptors (Lipinski definition) is 8. The maximum Gasteiger partial charge on any atom is 0.326 e. The second-order valence-electron chi connectivity index (χ2n) is 6.43. The van der Waals surface area contributed by atoms with Gasteiger partial charge < -0.3 is 43.4 Å². The standard InChI is InChI=1S/C16H30N6O7/c1-8(13(25)21-10(16(28)29)6-12(19)24)20-15(27)11(7-23)22-14(26)9(18)4-2-3-5-17/h8-11,23H,2-7,17-18H2,1H3,(H2,19,24)(H,20,27)(H,21,25)(H,22,26)(H,28,29). The van der Waals surface area contributed by atoms with Crippen LogP contribution in [0.4, 0.5) is 0 Å². The molecular formula is C16H30N6O7. The molecule has 4 atom stereocenters. The van der Waals surface area contributed by atoms with E-state index in [4.69, 9.17) is 22.3 Å². The molecule has 0 fully saturated rings. The van der Waals surface area contributed by atoms with E-state index in [-0.39, 0.29) is 0 Å². The third-order valence-electron chi connectivity index (χ3n) is 3.89. The molecule has 4 unspecified atom stereocenters. The summed E-state index contributed by atoms with van der Waals surface area (Å²) in [6.07, 6.45) is 1.02. The fourth-order valence-corrected chi connectivity index (χ4v) is 2.19. The maximum atomic E-state index is 12.2. The predicted molar refractivity (Wildman–Crippen MR) is 101 cm³/mol. The number of aliphatic hydroxyl groups excluding tert-OH is 1. The summed E-state index contributed by atoms with van der Waals surface area (Å²) >= 11 is 0. The number of aliphatic carboxylic acids is 1. The molecule has 0 radical (unpaired) electrons. The molecule has 0 saturated heterocycles. The number of unbranched alkanes of at least 4 members (excludes halogenated alkanes) is 1. The lowest BCUT2D eigenvalue weighted by Gasteiger charge is -2.22. The first-order chi connectivity index (χ1) is 13.5. The van der Waals surface area contributed by atoms with Gasteiger partial charge in [-0.25, -0.2) is 4.79 Å². The molecule has 166 valence electrons. The normalized spacial score (nSPS) is 14.8. The van der Waals surface area contributed by atoms with Crippen molar-refractivity contribution in [1.82, 2.24) is 16.0 Å². The summed E-state index contributed by atoms with van der Waals surface area (Å²) < 4.78 is 0. The van der Waals surface area contributed by atoms with Crippen molar-refractivity contribution in [2.45, 2.75) is 56.8 Å². The van der Waals surface area contributed by atoms with E-state index in [1.165, 1.54) is 6.92 Å². The smallest absolute Gasteiger partial charge is 0.326 e. The molecule has 0 spiro atoms. The molecular weight excluding hydrogens is 388 g/mol. The van der Waals surface area contributed by atoms with Gasteiger partial charge in [0.15, 0.2) is 0 Å². The Kier molecular flexibility index (Phi) is 12.1. The van der Waals surface area contributed by atoms with E-state index < -0.39 is 66.8 Å². The summed E-state index contributed by atoms with van der Waals surface area (Å²) in [5.41, 5.74) is 16.0. The number of nitrogens with one attached hydrogen (secondary N) is 3. The zero-order chi connectivity index (χ0) is 22.6. The largest absolute Gasteiger partial charge is 0.480 e. The highest BCUT2D eigenvalue weighted by Gasteiger charge is 2.28. The van der Waals surface area contributed by atoms with Crippen LogP contribution in [0.15, 0.2) is 0 Å². The average molecular weight is 418 g/mol. The lowest BCUT2D eigenvalue weighted by Crippen LogP contribution is -2.57. The highest BCUT2D eigenvalue weighted by atomic mass is 16.4. The topological polar surface area (TPSA) is 240 Å². The van der Waals surface area contributed by atoms with Gasteiger partial charge in [-0.3, -0.25) is 19.2 Å². The summed E-state index contributed by atoms with van der Waals surface area (Å²) in [6.45, 7) is 0.963. The first-order valence-corrected chi connectivity index (χ1v) is 9.02. The molecule has 0 aromatic carbocycles. The maximum absolute atomic E-state index is 12.2. The number of nitrogens with two attached hydrogens (primary N) is 3. The summed E-state index contributed by atoms with van der Waals surface area (Å²) in [4.78, 5) is 58.1. The Morgan fingerprint density at radius 1 is 0.931 bits per heavy atom. The zero-order valence-corrected chi connectivity index (χ0v) is 16.2. The number of carboxylic acids is 1. The van der Waals surface area contributed by atoms with Crippen LogP contribution in [0, 0.1) is 0 Å². The Balaban J connectivity index is 4.74. The van der Waals surface area contributed by atoms with Crippen LogP contribution in [-0.4, -0.2) is 77.1 Å². The van der Waals surface area contributed by atoms with Gasteiger partial charge in [0.1, 0.15) is 18.1 Å². The van der Waals surface area contributed by atoms with Gasteiger partial charge in [0.25, 0.3) is 0 Å². The van der Waals surface area contributed by atoms with Gasteiger partial charge in [-0.2, -0.15) is 0 Å². The van der Waals surface area contributed by atoms with E-state index >= 15 is 0 Å². The minimum atomic E-state index is -1.56. The van der Waals surface area contributed by atoms with Gasteiger partial charge in [0, 0.05) is 0 Å². The second kappa shape index (κ2) is 13.4. The van der Waals surface area contributed by atoms with Crippen LogP contribution in [0.5, 0.6) is 0 Å². The zero-order valence-electron chi connectivity index (χ0n) is 16.2. The van der Waals surface area contributed by atoms with E-state index in [0.29, 0.717) is 25.8 Å². The monoisotopic (exact) mass is 418 g/mol. The highest BCUT2D eigenvalue weighted by Crippen LogP contribution is 1.99. The Morgan fingerprint density at radius 2 is 1.52 bits per heavy atom. The van der Waals surface area contributed by atoms with Gasteiger partial charge >= 0.3 is 5.97 Å². The number of hydrogen-bond donors (Lipinski definition) is 8. The van der Waals surface area contributed by atoms with Crippen molar-refractivity contribution >= 4 is 29.6 Å². The molecule has 0 rings (SSSR count). The Morgan fingerprint density at radius 3 is 2.00 bits per heavy atom. The highest BCUT2D eigenvalue weighted by molar-refractivity contribution is 5.94. The van der Waals surface area contributed by atoms with Crippen molar-refractivity contribution in [1.29, 1.82) is 0 Å². The van der Waals surface area contributed by atoms with Crippen LogP contribution in [0.2, 0.25) is 0 Å². The van der Waals surface area contributed by atoms with Gasteiger partial charge in [-0.1, -0.05) is 6.42 Å². The summed E-state index contributed by atoms with van der Waals surface area (Å²) in [6, 6.07) is -5.03. The van der Waals surface area contributed by atoms with Crippen LogP contribution in [-0.2, 0) is 24.0 Å². The van der Waals surface area contributed by atoms with Gasteiger partial charge in [-0.15, -0.1) is 0 Å². The summed E-state index contributed by atoms with van der Waals surface area (Å²) in [5.74, 6) is -4.83. The number of rotatable bonds is 14. The van der Waals surface area contributed by atoms with Crippen molar-refractivity contribution in [3.05, 3.63) is 0 Å². The third kappa shape index (κ3) is 10.4. The Hall–Kier alpha value is -2.77. The Labute approximate surface area is 167 Å².